The van der Waals surface area contributed by atoms with Gasteiger partial charge in [0.15, 0.2) is 0 Å². The summed E-state index contributed by atoms with van der Waals surface area (Å²) in [6.07, 6.45) is 0. The van der Waals surface area contributed by atoms with Crippen molar-refractivity contribution in [1.82, 2.24) is 0 Å². The van der Waals surface area contributed by atoms with Crippen molar-refractivity contribution in [3.8, 4) is 5.75 Å². The Bertz CT molecular complexity index is 614. The number of amides is 1. The maximum absolute atomic E-state index is 11.4. The monoisotopic (exact) mass is 276 g/mol. The summed E-state index contributed by atoms with van der Waals surface area (Å²) in [7, 11) is 1.53. The van der Waals surface area contributed by atoms with Gasteiger partial charge in [-0.25, -0.2) is 0 Å². The van der Waals surface area contributed by atoms with Gasteiger partial charge >= 0.3 is 0 Å². The summed E-state index contributed by atoms with van der Waals surface area (Å²) in [6.45, 7) is 0. The fraction of sp³-hybridized carbons (Fsp3) is 0.0714. The summed E-state index contributed by atoms with van der Waals surface area (Å²) in [6, 6.07) is 12.3. The Morgan fingerprint density at radius 3 is 2.68 bits per heavy atom. The van der Waals surface area contributed by atoms with E-state index in [-0.39, 0.29) is 0 Å². The Hall–Kier alpha value is -2.20. The molecule has 0 aliphatic rings. The Morgan fingerprint density at radius 2 is 2.05 bits per heavy atom. The van der Waals surface area contributed by atoms with E-state index in [1.165, 1.54) is 7.11 Å². The van der Waals surface area contributed by atoms with Crippen LogP contribution >= 0.6 is 11.6 Å². The minimum Gasteiger partial charge on any atom is -0.497 e. The Kier molecular flexibility index (Phi) is 3.92. The maximum Gasteiger partial charge on any atom is 0.250 e. The predicted molar refractivity (Wildman–Crippen MR) is 76.2 cm³/mol. The first-order valence-corrected chi connectivity index (χ1v) is 5.98. The molecule has 2 rings (SSSR count). The van der Waals surface area contributed by atoms with Crippen LogP contribution in [-0.2, 0) is 0 Å². The van der Waals surface area contributed by atoms with Crippen LogP contribution in [-0.4, -0.2) is 13.0 Å². The molecule has 98 valence electrons. The van der Waals surface area contributed by atoms with E-state index in [9.17, 15) is 4.79 Å². The minimum atomic E-state index is -0.525. The van der Waals surface area contributed by atoms with E-state index in [4.69, 9.17) is 22.1 Å². The summed E-state index contributed by atoms with van der Waals surface area (Å²) in [5.41, 5.74) is 7.11. The summed E-state index contributed by atoms with van der Waals surface area (Å²) in [5, 5.41) is 3.72. The van der Waals surface area contributed by atoms with Gasteiger partial charge in [0, 0.05) is 10.7 Å². The first kappa shape index (κ1) is 13.2. The molecule has 5 heteroatoms. The molecule has 1 amide bonds. The fourth-order valence-electron chi connectivity index (χ4n) is 1.68. The molecule has 0 aliphatic heterocycles. The lowest BCUT2D eigenvalue weighted by Crippen LogP contribution is -2.13. The number of hydrogen-bond donors (Lipinski definition) is 2. The third kappa shape index (κ3) is 3.17. The van der Waals surface area contributed by atoms with E-state index in [0.717, 1.165) is 5.69 Å². The molecule has 0 aromatic heterocycles. The molecule has 0 heterocycles. The van der Waals surface area contributed by atoms with Crippen molar-refractivity contribution in [1.29, 1.82) is 0 Å². The van der Waals surface area contributed by atoms with Gasteiger partial charge in [0.05, 0.1) is 18.4 Å². The number of carbonyl (C=O) groups excluding carboxylic acids is 1. The van der Waals surface area contributed by atoms with Crippen molar-refractivity contribution in [3.63, 3.8) is 0 Å². The molecule has 2 aromatic carbocycles. The van der Waals surface area contributed by atoms with Gasteiger partial charge in [-0.05, 0) is 36.4 Å². The second kappa shape index (κ2) is 5.63. The number of primary amides is 1. The zero-order chi connectivity index (χ0) is 13.8. The highest BCUT2D eigenvalue weighted by Gasteiger charge is 2.10. The molecule has 4 nitrogen and oxygen atoms in total. The number of carbonyl (C=O) groups is 1. The van der Waals surface area contributed by atoms with E-state index in [2.05, 4.69) is 5.32 Å². The van der Waals surface area contributed by atoms with Gasteiger partial charge in [0.2, 0.25) is 0 Å². The first-order chi connectivity index (χ1) is 9.10. The van der Waals surface area contributed by atoms with Gasteiger partial charge in [-0.3, -0.25) is 4.79 Å². The van der Waals surface area contributed by atoms with Crippen LogP contribution < -0.4 is 15.8 Å². The van der Waals surface area contributed by atoms with Crippen LogP contribution in [0, 0.1) is 0 Å². The molecule has 3 N–H and O–H groups in total. The number of ether oxygens (including phenoxy) is 1. The molecule has 0 aliphatic carbocycles. The Balaban J connectivity index is 2.36. The molecule has 0 saturated carbocycles. The van der Waals surface area contributed by atoms with Crippen molar-refractivity contribution in [2.75, 3.05) is 12.4 Å². The van der Waals surface area contributed by atoms with Gasteiger partial charge < -0.3 is 15.8 Å². The molecule has 0 spiro atoms. The first-order valence-electron chi connectivity index (χ1n) is 5.60. The van der Waals surface area contributed by atoms with Gasteiger partial charge in [-0.1, -0.05) is 17.7 Å². The Morgan fingerprint density at radius 1 is 1.26 bits per heavy atom. The van der Waals surface area contributed by atoms with E-state index < -0.39 is 5.91 Å². The summed E-state index contributed by atoms with van der Waals surface area (Å²) < 4.78 is 5.07. The molecule has 0 atom stereocenters. The van der Waals surface area contributed by atoms with Crippen LogP contribution in [0.5, 0.6) is 5.75 Å². The number of anilines is 2. The maximum atomic E-state index is 11.4. The zero-order valence-electron chi connectivity index (χ0n) is 10.3. The summed E-state index contributed by atoms with van der Waals surface area (Å²) >= 11 is 5.91. The lowest BCUT2D eigenvalue weighted by atomic mass is 10.1. The largest absolute Gasteiger partial charge is 0.497 e. The second-order valence-electron chi connectivity index (χ2n) is 3.91. The van der Waals surface area contributed by atoms with Gasteiger partial charge in [0.1, 0.15) is 5.75 Å². The van der Waals surface area contributed by atoms with E-state index in [0.29, 0.717) is 22.0 Å². The van der Waals surface area contributed by atoms with Crippen LogP contribution in [0.25, 0.3) is 0 Å². The molecule has 0 unspecified atom stereocenters. The van der Waals surface area contributed by atoms with Gasteiger partial charge in [0.25, 0.3) is 5.91 Å². The number of halogens is 1. The number of nitrogens with two attached hydrogens (primary N) is 1. The summed E-state index contributed by atoms with van der Waals surface area (Å²) in [5.74, 6) is 0.0499. The van der Waals surface area contributed by atoms with E-state index >= 15 is 0 Å². The molecule has 0 fully saturated rings. The SMILES string of the molecule is COc1ccc(Nc2cccc(Cl)c2)c(C(N)=O)c1. The fourth-order valence-corrected chi connectivity index (χ4v) is 1.88. The third-order valence-electron chi connectivity index (χ3n) is 2.60. The molecule has 19 heavy (non-hydrogen) atoms. The molecular formula is C14H13ClN2O2. The highest BCUT2D eigenvalue weighted by molar-refractivity contribution is 6.30. The van der Waals surface area contributed by atoms with Crippen molar-refractivity contribution >= 4 is 28.9 Å². The van der Waals surface area contributed by atoms with Crippen molar-refractivity contribution in [2.24, 2.45) is 5.73 Å². The van der Waals surface area contributed by atoms with E-state index in [1.54, 1.807) is 30.3 Å². The average Bonchev–Trinajstić information content (AvgIpc) is 2.39. The number of hydrogen-bond acceptors (Lipinski definition) is 3. The van der Waals surface area contributed by atoms with Gasteiger partial charge in [-0.15, -0.1) is 0 Å². The molecule has 0 bridgehead atoms. The van der Waals surface area contributed by atoms with Crippen LogP contribution in [0.1, 0.15) is 10.4 Å². The van der Waals surface area contributed by atoms with Crippen LogP contribution in [0.3, 0.4) is 0 Å². The predicted octanol–water partition coefficient (Wildman–Crippen LogP) is 3.19. The molecule has 0 radical (unpaired) electrons. The number of benzene rings is 2. The highest BCUT2D eigenvalue weighted by atomic mass is 35.5. The molecule has 2 aromatic rings. The number of methoxy groups -OCH3 is 1. The second-order valence-corrected chi connectivity index (χ2v) is 4.35. The smallest absolute Gasteiger partial charge is 0.250 e. The van der Waals surface area contributed by atoms with Crippen LogP contribution in [0.4, 0.5) is 11.4 Å². The van der Waals surface area contributed by atoms with Crippen LogP contribution in [0.2, 0.25) is 5.02 Å². The normalized spacial score (nSPS) is 10.0. The van der Waals surface area contributed by atoms with Crippen LogP contribution in [0.15, 0.2) is 42.5 Å². The Labute approximate surface area is 116 Å². The third-order valence-corrected chi connectivity index (χ3v) is 2.83. The lowest BCUT2D eigenvalue weighted by Gasteiger charge is -2.11. The zero-order valence-corrected chi connectivity index (χ0v) is 11.1. The number of rotatable bonds is 4. The van der Waals surface area contributed by atoms with Crippen molar-refractivity contribution < 1.29 is 9.53 Å². The number of nitrogens with one attached hydrogen (secondary N) is 1. The highest BCUT2D eigenvalue weighted by Crippen LogP contribution is 2.26. The molecule has 0 saturated heterocycles. The molecular weight excluding hydrogens is 264 g/mol. The van der Waals surface area contributed by atoms with Gasteiger partial charge in [-0.2, -0.15) is 0 Å². The van der Waals surface area contributed by atoms with Crippen molar-refractivity contribution in [2.45, 2.75) is 0 Å². The average molecular weight is 277 g/mol. The minimum absolute atomic E-state index is 0.360. The lowest BCUT2D eigenvalue weighted by molar-refractivity contribution is 0.100. The summed E-state index contributed by atoms with van der Waals surface area (Å²) in [4.78, 5) is 11.4. The van der Waals surface area contributed by atoms with Crippen molar-refractivity contribution in [3.05, 3.63) is 53.1 Å². The standard InChI is InChI=1S/C14H13ClN2O2/c1-19-11-5-6-13(12(8-11)14(16)18)17-10-4-2-3-9(15)7-10/h2-8,17H,1H3,(H2,16,18). The van der Waals surface area contributed by atoms with E-state index in [1.807, 2.05) is 12.1 Å². The quantitative estimate of drug-likeness (QED) is 0.901. The topological polar surface area (TPSA) is 64.3 Å².